The maximum atomic E-state index is 5.53. The summed E-state index contributed by atoms with van der Waals surface area (Å²) in [6.45, 7) is 2.37. The van der Waals surface area contributed by atoms with Crippen molar-refractivity contribution >= 4 is 11.6 Å². The van der Waals surface area contributed by atoms with Crippen molar-refractivity contribution in [3.63, 3.8) is 0 Å². The molecule has 1 aliphatic rings. The van der Waals surface area contributed by atoms with Crippen molar-refractivity contribution in [1.29, 1.82) is 0 Å². The van der Waals surface area contributed by atoms with Crippen molar-refractivity contribution in [1.82, 2.24) is 14.6 Å². The van der Waals surface area contributed by atoms with Crippen LogP contribution in [0.2, 0.25) is 0 Å². The Kier molecular flexibility index (Phi) is 2.92. The van der Waals surface area contributed by atoms with E-state index in [1.807, 2.05) is 24.4 Å². The molecule has 5 nitrogen and oxygen atoms in total. The lowest BCUT2D eigenvalue weighted by Crippen LogP contribution is -2.11. The second kappa shape index (κ2) is 4.71. The summed E-state index contributed by atoms with van der Waals surface area (Å²) in [6, 6.07) is 5.82. The standard InChI is InChI=1S/C12H16N4O/c1-2-7-16-11(3-1)14-12(15-16)13-6-8-17-9-10-4-5-10/h1-3,7,10H,4-6,8-9H2,(H,13,15). The van der Waals surface area contributed by atoms with Gasteiger partial charge in [-0.1, -0.05) is 6.07 Å². The fraction of sp³-hybridized carbons (Fsp3) is 0.500. The second-order valence-corrected chi connectivity index (χ2v) is 4.38. The Balaban J connectivity index is 1.46. The molecule has 0 atom stereocenters. The fourth-order valence-corrected chi connectivity index (χ4v) is 1.68. The van der Waals surface area contributed by atoms with Crippen LogP contribution in [0.3, 0.4) is 0 Å². The van der Waals surface area contributed by atoms with E-state index in [-0.39, 0.29) is 0 Å². The van der Waals surface area contributed by atoms with Gasteiger partial charge in [-0.05, 0) is 30.9 Å². The summed E-state index contributed by atoms with van der Waals surface area (Å²) in [6.07, 6.45) is 4.56. The summed E-state index contributed by atoms with van der Waals surface area (Å²) in [5.74, 6) is 1.48. The lowest BCUT2D eigenvalue weighted by atomic mass is 10.5. The van der Waals surface area contributed by atoms with Crippen LogP contribution in [0.1, 0.15) is 12.8 Å². The molecule has 2 heterocycles. The molecule has 90 valence electrons. The minimum atomic E-state index is 0.659. The number of nitrogens with zero attached hydrogens (tertiary/aromatic N) is 3. The molecule has 1 saturated carbocycles. The maximum Gasteiger partial charge on any atom is 0.243 e. The molecule has 0 spiro atoms. The number of anilines is 1. The van der Waals surface area contributed by atoms with Gasteiger partial charge in [0.15, 0.2) is 5.65 Å². The van der Waals surface area contributed by atoms with Crippen LogP contribution in [0.15, 0.2) is 24.4 Å². The van der Waals surface area contributed by atoms with E-state index in [0.717, 1.165) is 24.7 Å². The SMILES string of the molecule is c1ccn2nc(NCCOCC3CC3)nc2c1. The minimum Gasteiger partial charge on any atom is -0.379 e. The fourth-order valence-electron chi connectivity index (χ4n) is 1.68. The Hall–Kier alpha value is -1.62. The zero-order valence-corrected chi connectivity index (χ0v) is 9.67. The van der Waals surface area contributed by atoms with Crippen molar-refractivity contribution in [3.8, 4) is 0 Å². The first kappa shape index (κ1) is 10.5. The van der Waals surface area contributed by atoms with E-state index in [0.29, 0.717) is 12.6 Å². The zero-order valence-electron chi connectivity index (χ0n) is 9.67. The van der Waals surface area contributed by atoms with Gasteiger partial charge in [0, 0.05) is 19.3 Å². The number of pyridine rings is 1. The molecule has 0 saturated heterocycles. The van der Waals surface area contributed by atoms with Gasteiger partial charge in [0.05, 0.1) is 6.61 Å². The third-order valence-corrected chi connectivity index (χ3v) is 2.82. The molecule has 5 heteroatoms. The summed E-state index contributed by atoms with van der Waals surface area (Å²) in [5.41, 5.74) is 0.855. The number of rotatable bonds is 6. The van der Waals surface area contributed by atoms with Crippen LogP contribution in [-0.4, -0.2) is 34.4 Å². The summed E-state index contributed by atoms with van der Waals surface area (Å²) in [7, 11) is 0. The lowest BCUT2D eigenvalue weighted by molar-refractivity contribution is 0.133. The highest BCUT2D eigenvalue weighted by Gasteiger charge is 2.20. The monoisotopic (exact) mass is 232 g/mol. The van der Waals surface area contributed by atoms with Gasteiger partial charge in [-0.15, -0.1) is 5.10 Å². The minimum absolute atomic E-state index is 0.659. The molecule has 0 radical (unpaired) electrons. The van der Waals surface area contributed by atoms with Gasteiger partial charge in [0.1, 0.15) is 0 Å². The molecule has 0 amide bonds. The molecular formula is C12H16N4O. The van der Waals surface area contributed by atoms with Gasteiger partial charge < -0.3 is 10.1 Å². The first-order valence-electron chi connectivity index (χ1n) is 6.05. The van der Waals surface area contributed by atoms with Gasteiger partial charge in [0.25, 0.3) is 0 Å². The highest BCUT2D eigenvalue weighted by Crippen LogP contribution is 2.28. The van der Waals surface area contributed by atoms with Gasteiger partial charge in [-0.2, -0.15) is 4.98 Å². The third kappa shape index (κ3) is 2.74. The third-order valence-electron chi connectivity index (χ3n) is 2.82. The van der Waals surface area contributed by atoms with Crippen molar-refractivity contribution in [2.75, 3.05) is 25.1 Å². The van der Waals surface area contributed by atoms with E-state index in [4.69, 9.17) is 4.74 Å². The number of hydrogen-bond donors (Lipinski definition) is 1. The van der Waals surface area contributed by atoms with Crippen molar-refractivity contribution < 1.29 is 4.74 Å². The molecule has 1 aliphatic carbocycles. The molecule has 1 fully saturated rings. The molecule has 0 aromatic carbocycles. The zero-order chi connectivity index (χ0) is 11.5. The Morgan fingerprint density at radius 1 is 1.41 bits per heavy atom. The normalized spacial score (nSPS) is 15.3. The Bertz CT molecular complexity index is 459. The molecule has 2 aromatic heterocycles. The van der Waals surface area contributed by atoms with Crippen LogP contribution >= 0.6 is 0 Å². The average molecular weight is 232 g/mol. The molecule has 3 rings (SSSR count). The van der Waals surface area contributed by atoms with E-state index in [2.05, 4.69) is 15.4 Å². The van der Waals surface area contributed by atoms with Gasteiger partial charge in [-0.3, -0.25) is 0 Å². The molecule has 2 aromatic rings. The van der Waals surface area contributed by atoms with Crippen LogP contribution < -0.4 is 5.32 Å². The molecule has 0 aliphatic heterocycles. The lowest BCUT2D eigenvalue weighted by Gasteiger charge is -2.02. The van der Waals surface area contributed by atoms with Gasteiger partial charge in [0.2, 0.25) is 5.95 Å². The van der Waals surface area contributed by atoms with E-state index in [1.54, 1.807) is 4.52 Å². The predicted octanol–water partition coefficient (Wildman–Crippen LogP) is 1.57. The Labute approximate surface area is 99.8 Å². The van der Waals surface area contributed by atoms with Gasteiger partial charge >= 0.3 is 0 Å². The van der Waals surface area contributed by atoms with Crippen molar-refractivity contribution in [2.24, 2.45) is 5.92 Å². The maximum absolute atomic E-state index is 5.53. The molecule has 1 N–H and O–H groups in total. The van der Waals surface area contributed by atoms with E-state index >= 15 is 0 Å². The topological polar surface area (TPSA) is 51.5 Å². The quantitative estimate of drug-likeness (QED) is 0.768. The molecule has 0 unspecified atom stereocenters. The average Bonchev–Trinajstić information content (AvgIpc) is 3.07. The number of ether oxygens (including phenoxy) is 1. The predicted molar refractivity (Wildman–Crippen MR) is 65.0 cm³/mol. The number of aromatic nitrogens is 3. The van der Waals surface area contributed by atoms with Crippen LogP contribution in [0.4, 0.5) is 5.95 Å². The number of nitrogens with one attached hydrogen (secondary N) is 1. The molecular weight excluding hydrogens is 216 g/mol. The van der Waals surface area contributed by atoms with Crippen molar-refractivity contribution in [3.05, 3.63) is 24.4 Å². The first-order valence-corrected chi connectivity index (χ1v) is 6.05. The van der Waals surface area contributed by atoms with E-state index in [1.165, 1.54) is 12.8 Å². The largest absolute Gasteiger partial charge is 0.379 e. The van der Waals surface area contributed by atoms with Gasteiger partial charge in [-0.25, -0.2) is 4.52 Å². The first-order chi connectivity index (χ1) is 8.42. The Morgan fingerprint density at radius 2 is 2.35 bits per heavy atom. The van der Waals surface area contributed by atoms with E-state index in [9.17, 15) is 0 Å². The molecule has 17 heavy (non-hydrogen) atoms. The summed E-state index contributed by atoms with van der Waals surface area (Å²) < 4.78 is 7.29. The van der Waals surface area contributed by atoms with E-state index < -0.39 is 0 Å². The smallest absolute Gasteiger partial charge is 0.243 e. The summed E-state index contributed by atoms with van der Waals surface area (Å²) in [5, 5.41) is 7.46. The number of hydrogen-bond acceptors (Lipinski definition) is 4. The van der Waals surface area contributed by atoms with Crippen LogP contribution in [-0.2, 0) is 4.74 Å². The second-order valence-electron chi connectivity index (χ2n) is 4.38. The van der Waals surface area contributed by atoms with Crippen LogP contribution in [0.5, 0.6) is 0 Å². The summed E-state index contributed by atoms with van der Waals surface area (Å²) >= 11 is 0. The summed E-state index contributed by atoms with van der Waals surface area (Å²) in [4.78, 5) is 4.34. The van der Waals surface area contributed by atoms with Crippen LogP contribution in [0, 0.1) is 5.92 Å². The molecule has 0 bridgehead atoms. The number of fused-ring (bicyclic) bond motifs is 1. The van der Waals surface area contributed by atoms with Crippen LogP contribution in [0.25, 0.3) is 5.65 Å². The van der Waals surface area contributed by atoms with Crippen molar-refractivity contribution in [2.45, 2.75) is 12.8 Å². The highest BCUT2D eigenvalue weighted by molar-refractivity contribution is 5.42. The Morgan fingerprint density at radius 3 is 3.18 bits per heavy atom. The highest BCUT2D eigenvalue weighted by atomic mass is 16.5.